The molecule has 0 aromatic rings. The number of rotatable bonds is 20. The quantitative estimate of drug-likeness (QED) is 0.123. The van der Waals surface area contributed by atoms with Gasteiger partial charge in [0, 0.05) is 13.2 Å². The number of allylic oxidation sites excluding steroid dienone is 4. The number of unbranched alkanes of at least 4 members (excludes halogenated alkanes) is 9. The maximum Gasteiger partial charge on any atom is 0.157 e. The van der Waals surface area contributed by atoms with E-state index < -0.39 is 0 Å². The van der Waals surface area contributed by atoms with Crippen LogP contribution in [-0.2, 0) is 9.47 Å². The summed E-state index contributed by atoms with van der Waals surface area (Å²) in [6.45, 7) is 8.32. The first kappa shape index (κ1) is 25.4. The summed E-state index contributed by atoms with van der Waals surface area (Å²) < 4.78 is 11.8. The first-order valence-corrected chi connectivity index (χ1v) is 11.4. The van der Waals surface area contributed by atoms with Crippen molar-refractivity contribution in [3.05, 3.63) is 24.3 Å². The van der Waals surface area contributed by atoms with Crippen LogP contribution in [0.4, 0.5) is 0 Å². The van der Waals surface area contributed by atoms with E-state index >= 15 is 0 Å². The van der Waals surface area contributed by atoms with Crippen molar-refractivity contribution in [3.63, 3.8) is 0 Å². The molecule has 0 fully saturated rings. The smallest absolute Gasteiger partial charge is 0.157 e. The highest BCUT2D eigenvalue weighted by Crippen LogP contribution is 2.13. The molecule has 0 radical (unpaired) electrons. The lowest BCUT2D eigenvalue weighted by molar-refractivity contribution is -0.147. The van der Waals surface area contributed by atoms with Gasteiger partial charge in [-0.1, -0.05) is 90.0 Å². The minimum atomic E-state index is 0.0236. The van der Waals surface area contributed by atoms with Crippen LogP contribution in [-0.4, -0.2) is 19.5 Å². The van der Waals surface area contributed by atoms with E-state index in [1.165, 1.54) is 70.6 Å². The van der Waals surface area contributed by atoms with Gasteiger partial charge in [0.15, 0.2) is 6.29 Å². The van der Waals surface area contributed by atoms with Gasteiger partial charge in [0.1, 0.15) is 0 Å². The van der Waals surface area contributed by atoms with Gasteiger partial charge < -0.3 is 9.47 Å². The molecule has 26 heavy (non-hydrogen) atoms. The largest absolute Gasteiger partial charge is 0.353 e. The third-order valence-electron chi connectivity index (χ3n) is 4.52. The predicted molar refractivity (Wildman–Crippen MR) is 116 cm³/mol. The zero-order valence-corrected chi connectivity index (χ0v) is 18.0. The molecule has 0 aromatic heterocycles. The lowest BCUT2D eigenvalue weighted by atomic mass is 10.1. The van der Waals surface area contributed by atoms with Crippen LogP contribution >= 0.6 is 0 Å². The van der Waals surface area contributed by atoms with Crippen LogP contribution < -0.4 is 0 Å². The van der Waals surface area contributed by atoms with E-state index in [9.17, 15) is 0 Å². The molecule has 0 aliphatic heterocycles. The standard InChI is InChI=1S/C24H46O2/c1-4-7-10-11-12-13-14-15-16-17-18-19-20-21-24(25-22-8-5-2)26-23-9-6-3/h11-14,24H,4-10,15-23H2,1-3H3. The second-order valence-corrected chi connectivity index (χ2v) is 7.22. The Morgan fingerprint density at radius 2 is 1.08 bits per heavy atom. The van der Waals surface area contributed by atoms with Crippen molar-refractivity contribution in [2.45, 2.75) is 117 Å². The van der Waals surface area contributed by atoms with Crippen LogP contribution in [0.1, 0.15) is 111 Å². The van der Waals surface area contributed by atoms with Crippen LogP contribution in [0.25, 0.3) is 0 Å². The highest BCUT2D eigenvalue weighted by atomic mass is 16.7. The fourth-order valence-electron chi connectivity index (χ4n) is 2.71. The van der Waals surface area contributed by atoms with Gasteiger partial charge in [0.05, 0.1) is 0 Å². The van der Waals surface area contributed by atoms with Gasteiger partial charge in [-0.2, -0.15) is 0 Å². The summed E-state index contributed by atoms with van der Waals surface area (Å²) in [6, 6.07) is 0. The lowest BCUT2D eigenvalue weighted by Crippen LogP contribution is -2.18. The zero-order valence-electron chi connectivity index (χ0n) is 18.0. The third-order valence-corrected chi connectivity index (χ3v) is 4.52. The van der Waals surface area contributed by atoms with E-state index in [0.29, 0.717) is 0 Å². The summed E-state index contributed by atoms with van der Waals surface area (Å²) in [5.74, 6) is 0. The lowest BCUT2D eigenvalue weighted by Gasteiger charge is -2.18. The number of hydrogen-bond donors (Lipinski definition) is 0. The molecule has 0 rings (SSSR count). The molecule has 2 heteroatoms. The monoisotopic (exact) mass is 366 g/mol. The maximum atomic E-state index is 5.90. The van der Waals surface area contributed by atoms with Gasteiger partial charge in [0.2, 0.25) is 0 Å². The molecule has 0 aliphatic carbocycles. The Morgan fingerprint density at radius 1 is 0.577 bits per heavy atom. The first-order valence-electron chi connectivity index (χ1n) is 11.4. The Bertz CT molecular complexity index is 299. The van der Waals surface area contributed by atoms with Gasteiger partial charge in [-0.15, -0.1) is 0 Å². The van der Waals surface area contributed by atoms with Gasteiger partial charge in [-0.25, -0.2) is 0 Å². The van der Waals surface area contributed by atoms with E-state index in [4.69, 9.17) is 9.47 Å². The molecule has 0 spiro atoms. The molecule has 154 valence electrons. The molecule has 0 bridgehead atoms. The van der Waals surface area contributed by atoms with Crippen molar-refractivity contribution in [3.8, 4) is 0 Å². The van der Waals surface area contributed by atoms with E-state index in [-0.39, 0.29) is 6.29 Å². The van der Waals surface area contributed by atoms with Crippen LogP contribution in [0, 0.1) is 0 Å². The molecular formula is C24H46O2. The van der Waals surface area contributed by atoms with Crippen LogP contribution in [0.5, 0.6) is 0 Å². The Hall–Kier alpha value is -0.600. The highest BCUT2D eigenvalue weighted by molar-refractivity contribution is 5.02. The minimum absolute atomic E-state index is 0.0236. The van der Waals surface area contributed by atoms with Crippen LogP contribution in [0.15, 0.2) is 24.3 Å². The Labute approximate surface area is 164 Å². The fourth-order valence-corrected chi connectivity index (χ4v) is 2.71. The SMILES string of the molecule is CCCCC=CC=CCCCCCCCC(OCCCC)OCCCC. The number of hydrogen-bond acceptors (Lipinski definition) is 2. The van der Waals surface area contributed by atoms with Crippen molar-refractivity contribution in [1.82, 2.24) is 0 Å². The molecule has 0 N–H and O–H groups in total. The van der Waals surface area contributed by atoms with Crippen molar-refractivity contribution >= 4 is 0 Å². The fraction of sp³-hybridized carbons (Fsp3) is 0.833. The minimum Gasteiger partial charge on any atom is -0.353 e. The summed E-state index contributed by atoms with van der Waals surface area (Å²) in [6.07, 6.45) is 26.2. The van der Waals surface area contributed by atoms with Gasteiger partial charge >= 0.3 is 0 Å². The predicted octanol–water partition coefficient (Wildman–Crippen LogP) is 7.98. The third kappa shape index (κ3) is 19.7. The average molecular weight is 367 g/mol. The van der Waals surface area contributed by atoms with Crippen molar-refractivity contribution in [2.75, 3.05) is 13.2 Å². The Kier molecular flexibility index (Phi) is 21.9. The summed E-state index contributed by atoms with van der Waals surface area (Å²) in [4.78, 5) is 0. The second kappa shape index (κ2) is 22.4. The molecule has 0 amide bonds. The topological polar surface area (TPSA) is 18.5 Å². The molecule has 2 nitrogen and oxygen atoms in total. The van der Waals surface area contributed by atoms with Gasteiger partial charge in [0.25, 0.3) is 0 Å². The molecule has 0 saturated carbocycles. The highest BCUT2D eigenvalue weighted by Gasteiger charge is 2.08. The van der Waals surface area contributed by atoms with Crippen LogP contribution in [0.2, 0.25) is 0 Å². The van der Waals surface area contributed by atoms with Gasteiger partial charge in [-0.3, -0.25) is 0 Å². The molecule has 0 unspecified atom stereocenters. The number of ether oxygens (including phenoxy) is 2. The van der Waals surface area contributed by atoms with E-state index in [0.717, 1.165) is 32.5 Å². The normalized spacial score (nSPS) is 12.2. The van der Waals surface area contributed by atoms with Crippen LogP contribution in [0.3, 0.4) is 0 Å². The van der Waals surface area contributed by atoms with E-state index in [1.807, 2.05) is 0 Å². The second-order valence-electron chi connectivity index (χ2n) is 7.22. The maximum absolute atomic E-state index is 5.90. The van der Waals surface area contributed by atoms with Crippen molar-refractivity contribution < 1.29 is 9.47 Å². The summed E-state index contributed by atoms with van der Waals surface area (Å²) in [5.41, 5.74) is 0. The first-order chi connectivity index (χ1) is 12.8. The average Bonchev–Trinajstić information content (AvgIpc) is 2.65. The molecule has 0 saturated heterocycles. The Morgan fingerprint density at radius 3 is 1.65 bits per heavy atom. The molecular weight excluding hydrogens is 320 g/mol. The summed E-state index contributed by atoms with van der Waals surface area (Å²) in [5, 5.41) is 0. The van der Waals surface area contributed by atoms with Crippen molar-refractivity contribution in [1.29, 1.82) is 0 Å². The van der Waals surface area contributed by atoms with Gasteiger partial charge in [-0.05, 0) is 44.9 Å². The molecule has 0 heterocycles. The Balaban J connectivity index is 3.57. The van der Waals surface area contributed by atoms with Crippen molar-refractivity contribution in [2.24, 2.45) is 0 Å². The molecule has 0 aromatic carbocycles. The summed E-state index contributed by atoms with van der Waals surface area (Å²) >= 11 is 0. The molecule has 0 aliphatic rings. The van der Waals surface area contributed by atoms with E-state index in [2.05, 4.69) is 45.1 Å². The summed E-state index contributed by atoms with van der Waals surface area (Å²) in [7, 11) is 0. The van der Waals surface area contributed by atoms with E-state index in [1.54, 1.807) is 0 Å². The molecule has 0 atom stereocenters. The zero-order chi connectivity index (χ0) is 19.1.